The largest absolute Gasteiger partial charge is 0.347 e. The molecule has 0 bridgehead atoms. The lowest BCUT2D eigenvalue weighted by Crippen LogP contribution is -2.58. The Bertz CT molecular complexity index is 285. The Morgan fingerprint density at radius 1 is 1.16 bits per heavy atom. The summed E-state index contributed by atoms with van der Waals surface area (Å²) in [6, 6.07) is 0.663. The van der Waals surface area contributed by atoms with Crippen molar-refractivity contribution in [1.82, 2.24) is 4.90 Å². The highest BCUT2D eigenvalue weighted by atomic mass is 16.7. The van der Waals surface area contributed by atoms with Crippen LogP contribution in [0.4, 0.5) is 0 Å². The van der Waals surface area contributed by atoms with Gasteiger partial charge in [0.15, 0.2) is 5.79 Å². The Morgan fingerprint density at radius 3 is 2.11 bits per heavy atom. The molecule has 19 heavy (non-hydrogen) atoms. The molecule has 4 nitrogen and oxygen atoms in total. The molecule has 2 atom stereocenters. The molecule has 2 fully saturated rings. The Balaban J connectivity index is 2.01. The number of nitrogens with zero attached hydrogens (tertiary/aromatic N) is 1. The highest BCUT2D eigenvalue weighted by Crippen LogP contribution is 2.35. The second-order valence-corrected chi connectivity index (χ2v) is 7.03. The van der Waals surface area contributed by atoms with Gasteiger partial charge < -0.3 is 15.2 Å². The van der Waals surface area contributed by atoms with Gasteiger partial charge in [0, 0.05) is 38.0 Å². The molecule has 0 aromatic rings. The fraction of sp³-hybridized carbons (Fsp3) is 1.00. The monoisotopic (exact) mass is 270 g/mol. The third kappa shape index (κ3) is 3.30. The summed E-state index contributed by atoms with van der Waals surface area (Å²) in [5.74, 6) is -0.282. The summed E-state index contributed by atoms with van der Waals surface area (Å²) in [6.45, 7) is 12.6. The first-order chi connectivity index (χ1) is 8.88. The highest BCUT2D eigenvalue weighted by Gasteiger charge is 2.43. The van der Waals surface area contributed by atoms with E-state index in [1.807, 2.05) is 0 Å². The summed E-state index contributed by atoms with van der Waals surface area (Å²) in [4.78, 5) is 2.55. The zero-order chi connectivity index (χ0) is 14.1. The molecule has 0 aliphatic carbocycles. The minimum atomic E-state index is -0.282. The van der Waals surface area contributed by atoms with Crippen LogP contribution in [0.3, 0.4) is 0 Å². The molecule has 2 heterocycles. The third-order valence-electron chi connectivity index (χ3n) is 4.53. The summed E-state index contributed by atoms with van der Waals surface area (Å²) in [5, 5.41) is 0. The molecule has 2 rings (SSSR count). The fourth-order valence-corrected chi connectivity index (χ4v) is 3.61. The van der Waals surface area contributed by atoms with Gasteiger partial charge in [-0.1, -0.05) is 27.7 Å². The van der Waals surface area contributed by atoms with E-state index in [0.29, 0.717) is 6.04 Å². The molecule has 2 aliphatic heterocycles. The van der Waals surface area contributed by atoms with Crippen LogP contribution < -0.4 is 5.73 Å². The van der Waals surface area contributed by atoms with Gasteiger partial charge in [-0.3, -0.25) is 4.90 Å². The molecule has 0 aromatic carbocycles. The maximum Gasteiger partial charge on any atom is 0.170 e. The van der Waals surface area contributed by atoms with Crippen LogP contribution >= 0.6 is 0 Å². The minimum absolute atomic E-state index is 0.206. The quantitative estimate of drug-likeness (QED) is 0.852. The van der Waals surface area contributed by atoms with Gasteiger partial charge in [-0.2, -0.15) is 0 Å². The molecular weight excluding hydrogens is 240 g/mol. The Hall–Kier alpha value is -0.160. The van der Waals surface area contributed by atoms with Crippen LogP contribution in [0.1, 0.15) is 47.0 Å². The van der Waals surface area contributed by atoms with Crippen molar-refractivity contribution >= 4 is 0 Å². The Kier molecular flexibility index (Phi) is 4.56. The maximum atomic E-state index is 6.37. The first-order valence-corrected chi connectivity index (χ1v) is 7.65. The average molecular weight is 270 g/mol. The van der Waals surface area contributed by atoms with Gasteiger partial charge in [-0.25, -0.2) is 0 Å². The number of likely N-dealkylation sites (tertiary alicyclic amines) is 1. The zero-order valence-corrected chi connectivity index (χ0v) is 12.9. The number of rotatable bonds is 3. The minimum Gasteiger partial charge on any atom is -0.347 e. The second-order valence-electron chi connectivity index (χ2n) is 7.03. The van der Waals surface area contributed by atoms with Crippen LogP contribution in [0.2, 0.25) is 0 Å². The van der Waals surface area contributed by atoms with Crippen molar-refractivity contribution in [3.8, 4) is 0 Å². The molecule has 0 amide bonds. The van der Waals surface area contributed by atoms with Crippen molar-refractivity contribution < 1.29 is 9.47 Å². The number of piperidine rings is 1. The van der Waals surface area contributed by atoms with Gasteiger partial charge in [-0.15, -0.1) is 0 Å². The van der Waals surface area contributed by atoms with Crippen LogP contribution in [-0.2, 0) is 9.47 Å². The molecule has 0 saturated carbocycles. The van der Waals surface area contributed by atoms with Crippen molar-refractivity contribution in [2.75, 3.05) is 26.3 Å². The van der Waals surface area contributed by atoms with E-state index < -0.39 is 0 Å². The van der Waals surface area contributed by atoms with Crippen LogP contribution in [0.15, 0.2) is 0 Å². The topological polar surface area (TPSA) is 47.7 Å². The third-order valence-corrected chi connectivity index (χ3v) is 4.53. The lowest BCUT2D eigenvalue weighted by Gasteiger charge is -2.47. The van der Waals surface area contributed by atoms with E-state index in [4.69, 9.17) is 15.2 Å². The lowest BCUT2D eigenvalue weighted by atomic mass is 9.79. The number of hydrogen-bond donors (Lipinski definition) is 1. The smallest absolute Gasteiger partial charge is 0.170 e. The van der Waals surface area contributed by atoms with E-state index in [9.17, 15) is 0 Å². The number of nitrogens with two attached hydrogens (primary N) is 1. The van der Waals surface area contributed by atoms with E-state index >= 15 is 0 Å². The van der Waals surface area contributed by atoms with Crippen molar-refractivity contribution in [1.29, 1.82) is 0 Å². The molecule has 2 N–H and O–H groups in total. The summed E-state index contributed by atoms with van der Waals surface area (Å²) in [5.41, 5.74) is 6.58. The highest BCUT2D eigenvalue weighted by molar-refractivity contribution is 4.94. The summed E-state index contributed by atoms with van der Waals surface area (Å²) in [7, 11) is 0. The number of hydrogen-bond acceptors (Lipinski definition) is 4. The van der Waals surface area contributed by atoms with Crippen LogP contribution in [-0.4, -0.2) is 49.1 Å². The van der Waals surface area contributed by atoms with Crippen molar-refractivity contribution in [3.05, 3.63) is 0 Å². The standard InChI is InChI=1S/C15H30N2O2/c1-5-12(16)13(14(2,3)4)17-8-6-15(7-9-17)18-10-11-19-15/h12-13H,5-11,16H2,1-4H3. The van der Waals surface area contributed by atoms with E-state index in [-0.39, 0.29) is 17.2 Å². The van der Waals surface area contributed by atoms with Gasteiger partial charge in [0.2, 0.25) is 0 Å². The molecule has 1 spiro atoms. The van der Waals surface area contributed by atoms with Gasteiger partial charge in [0.05, 0.1) is 13.2 Å². The summed E-state index contributed by atoms with van der Waals surface area (Å²) >= 11 is 0. The first kappa shape index (κ1) is 15.2. The molecule has 4 heteroatoms. The molecule has 2 unspecified atom stereocenters. The molecule has 0 radical (unpaired) electrons. The molecule has 2 aliphatic rings. The van der Waals surface area contributed by atoms with Crippen molar-refractivity contribution in [3.63, 3.8) is 0 Å². The van der Waals surface area contributed by atoms with E-state index in [1.54, 1.807) is 0 Å². The number of ether oxygens (including phenoxy) is 2. The normalized spacial score (nSPS) is 27.6. The maximum absolute atomic E-state index is 6.37. The van der Waals surface area contributed by atoms with Crippen LogP contribution in [0.25, 0.3) is 0 Å². The van der Waals surface area contributed by atoms with Crippen molar-refractivity contribution in [2.24, 2.45) is 11.1 Å². The Morgan fingerprint density at radius 2 is 1.68 bits per heavy atom. The SMILES string of the molecule is CCC(N)C(N1CCC2(CC1)OCCO2)C(C)(C)C. The molecule has 0 aromatic heterocycles. The predicted molar refractivity (Wildman–Crippen MR) is 77.0 cm³/mol. The van der Waals surface area contributed by atoms with Crippen LogP contribution in [0, 0.1) is 5.41 Å². The van der Waals surface area contributed by atoms with Crippen molar-refractivity contribution in [2.45, 2.75) is 64.8 Å². The molecule has 2 saturated heterocycles. The van der Waals surface area contributed by atoms with Gasteiger partial charge in [-0.05, 0) is 11.8 Å². The fourth-order valence-electron chi connectivity index (χ4n) is 3.61. The lowest BCUT2D eigenvalue weighted by molar-refractivity contribution is -0.191. The molecule has 112 valence electrons. The van der Waals surface area contributed by atoms with E-state index in [2.05, 4.69) is 32.6 Å². The van der Waals surface area contributed by atoms with Gasteiger partial charge in [0.25, 0.3) is 0 Å². The first-order valence-electron chi connectivity index (χ1n) is 7.65. The van der Waals surface area contributed by atoms with Crippen LogP contribution in [0.5, 0.6) is 0 Å². The van der Waals surface area contributed by atoms with Gasteiger partial charge >= 0.3 is 0 Å². The van der Waals surface area contributed by atoms with E-state index in [1.165, 1.54) is 0 Å². The Labute approximate surface area is 117 Å². The summed E-state index contributed by atoms with van der Waals surface area (Å²) in [6.07, 6.45) is 2.96. The second kappa shape index (κ2) is 5.68. The van der Waals surface area contributed by atoms with Gasteiger partial charge in [0.1, 0.15) is 0 Å². The average Bonchev–Trinajstić information content (AvgIpc) is 2.79. The molecular formula is C15H30N2O2. The predicted octanol–water partition coefficient (Wildman–Crippen LogP) is 1.98. The summed E-state index contributed by atoms with van der Waals surface area (Å²) < 4.78 is 11.6. The zero-order valence-electron chi connectivity index (χ0n) is 12.9. The van der Waals surface area contributed by atoms with E-state index in [0.717, 1.165) is 45.6 Å².